The summed E-state index contributed by atoms with van der Waals surface area (Å²) in [7, 11) is 0. The third kappa shape index (κ3) is 2.74. The van der Waals surface area contributed by atoms with E-state index in [0.717, 1.165) is 10.4 Å². The van der Waals surface area contributed by atoms with Gasteiger partial charge in [0.25, 0.3) is 0 Å². The van der Waals surface area contributed by atoms with E-state index in [0.29, 0.717) is 15.7 Å². The van der Waals surface area contributed by atoms with E-state index in [2.05, 4.69) is 15.6 Å². The minimum Gasteiger partial charge on any atom is -0.308 e. The Morgan fingerprint density at radius 1 is 1.05 bits per heavy atom. The highest BCUT2D eigenvalue weighted by Crippen LogP contribution is 2.30. The molecule has 0 saturated heterocycles. The largest absolute Gasteiger partial charge is 0.325 e. The molecule has 2 amide bonds. The van der Waals surface area contributed by atoms with Crippen molar-refractivity contribution < 1.29 is 4.79 Å². The van der Waals surface area contributed by atoms with Crippen LogP contribution >= 0.6 is 22.9 Å². The fourth-order valence-electron chi connectivity index (χ4n) is 1.75. The molecule has 0 fully saturated rings. The van der Waals surface area contributed by atoms with E-state index in [1.807, 2.05) is 42.5 Å². The van der Waals surface area contributed by atoms with Crippen molar-refractivity contribution in [2.45, 2.75) is 0 Å². The molecule has 0 atom stereocenters. The van der Waals surface area contributed by atoms with Crippen molar-refractivity contribution in [2.24, 2.45) is 0 Å². The molecule has 1 heterocycles. The number of fused-ring (bicyclic) bond motifs is 1. The maximum atomic E-state index is 11.9. The number of nitrogens with zero attached hydrogens (tertiary/aromatic N) is 1. The molecule has 0 aliphatic carbocycles. The van der Waals surface area contributed by atoms with Crippen LogP contribution in [0, 0.1) is 0 Å². The summed E-state index contributed by atoms with van der Waals surface area (Å²) >= 11 is 7.44. The molecule has 100 valence electrons. The number of nitrogens with one attached hydrogen (secondary N) is 2. The topological polar surface area (TPSA) is 54.0 Å². The molecular weight excluding hydrogens is 294 g/mol. The number of aromatic nitrogens is 1. The smallest absolute Gasteiger partial charge is 0.308 e. The van der Waals surface area contributed by atoms with E-state index >= 15 is 0 Å². The summed E-state index contributed by atoms with van der Waals surface area (Å²) in [6.45, 7) is 0. The molecule has 0 radical (unpaired) electrons. The normalized spacial score (nSPS) is 10.4. The Kier molecular flexibility index (Phi) is 3.54. The first-order valence-electron chi connectivity index (χ1n) is 5.90. The van der Waals surface area contributed by atoms with Crippen molar-refractivity contribution >= 4 is 50.0 Å². The van der Waals surface area contributed by atoms with Crippen LogP contribution in [0.3, 0.4) is 0 Å². The van der Waals surface area contributed by atoms with Crippen LogP contribution in [0.15, 0.2) is 48.5 Å². The zero-order valence-corrected chi connectivity index (χ0v) is 11.8. The molecule has 4 nitrogen and oxygen atoms in total. The van der Waals surface area contributed by atoms with Crippen LogP contribution in [-0.4, -0.2) is 11.0 Å². The van der Waals surface area contributed by atoms with Crippen LogP contribution in [0.5, 0.6) is 0 Å². The summed E-state index contributed by atoms with van der Waals surface area (Å²) in [6.07, 6.45) is 0. The van der Waals surface area contributed by atoms with E-state index < -0.39 is 0 Å². The molecule has 6 heteroatoms. The predicted octanol–water partition coefficient (Wildman–Crippen LogP) is 4.59. The Labute approximate surface area is 124 Å². The lowest BCUT2D eigenvalue weighted by Crippen LogP contribution is -2.19. The van der Waals surface area contributed by atoms with Gasteiger partial charge in [-0.15, -0.1) is 0 Å². The standard InChI is InChI=1S/C14H10ClN3OS/c15-10-7-4-8-11-12(10)17-14(20-11)18-13(19)16-9-5-2-1-3-6-9/h1-8H,(H2,16,17,18,19). The Balaban J connectivity index is 1.76. The van der Waals surface area contributed by atoms with E-state index in [-0.39, 0.29) is 6.03 Å². The first-order valence-corrected chi connectivity index (χ1v) is 7.10. The lowest BCUT2D eigenvalue weighted by molar-refractivity contribution is 0.262. The monoisotopic (exact) mass is 303 g/mol. The number of urea groups is 1. The summed E-state index contributed by atoms with van der Waals surface area (Å²) in [4.78, 5) is 16.2. The third-order valence-electron chi connectivity index (χ3n) is 2.62. The molecule has 20 heavy (non-hydrogen) atoms. The van der Waals surface area contributed by atoms with Gasteiger partial charge in [-0.1, -0.05) is 47.2 Å². The molecule has 0 saturated carbocycles. The number of rotatable bonds is 2. The van der Waals surface area contributed by atoms with E-state index in [9.17, 15) is 4.79 Å². The second-order valence-corrected chi connectivity index (χ2v) is 5.49. The molecule has 3 rings (SSSR count). The number of anilines is 2. The predicted molar refractivity (Wildman–Crippen MR) is 83.7 cm³/mol. The number of carbonyl (C=O) groups is 1. The van der Waals surface area contributed by atoms with Gasteiger partial charge in [0.15, 0.2) is 5.13 Å². The van der Waals surface area contributed by atoms with Gasteiger partial charge in [-0.05, 0) is 24.3 Å². The molecule has 2 N–H and O–H groups in total. The Morgan fingerprint density at radius 2 is 1.85 bits per heavy atom. The zero-order valence-electron chi connectivity index (χ0n) is 10.3. The van der Waals surface area contributed by atoms with Crippen LogP contribution in [0.2, 0.25) is 5.02 Å². The van der Waals surface area contributed by atoms with Gasteiger partial charge in [-0.2, -0.15) is 0 Å². The molecular formula is C14H10ClN3OS. The summed E-state index contributed by atoms with van der Waals surface area (Å²) in [5, 5.41) is 6.53. The first-order chi connectivity index (χ1) is 9.72. The number of benzene rings is 2. The third-order valence-corrected chi connectivity index (χ3v) is 3.86. The molecule has 0 spiro atoms. The van der Waals surface area contributed by atoms with Crippen molar-refractivity contribution in [3.05, 3.63) is 53.6 Å². The molecule has 0 aliphatic rings. The van der Waals surface area contributed by atoms with Crippen LogP contribution in [0.4, 0.5) is 15.6 Å². The van der Waals surface area contributed by atoms with Gasteiger partial charge in [0.2, 0.25) is 0 Å². The maximum absolute atomic E-state index is 11.9. The SMILES string of the molecule is O=C(Nc1ccccc1)Nc1nc2c(Cl)cccc2s1. The zero-order chi connectivity index (χ0) is 13.9. The van der Waals surface area contributed by atoms with Crippen LogP contribution in [-0.2, 0) is 0 Å². The highest BCUT2D eigenvalue weighted by Gasteiger charge is 2.09. The fraction of sp³-hybridized carbons (Fsp3) is 0. The van der Waals surface area contributed by atoms with Gasteiger partial charge in [-0.3, -0.25) is 5.32 Å². The maximum Gasteiger partial charge on any atom is 0.325 e. The molecule has 2 aromatic carbocycles. The van der Waals surface area contributed by atoms with Gasteiger partial charge >= 0.3 is 6.03 Å². The van der Waals surface area contributed by atoms with Crippen molar-refractivity contribution in [2.75, 3.05) is 10.6 Å². The first kappa shape index (κ1) is 12.9. The second-order valence-electron chi connectivity index (χ2n) is 4.05. The van der Waals surface area contributed by atoms with Crippen molar-refractivity contribution in [3.63, 3.8) is 0 Å². The second kappa shape index (κ2) is 5.48. The van der Waals surface area contributed by atoms with Crippen molar-refractivity contribution in [1.82, 2.24) is 4.98 Å². The number of amides is 2. The van der Waals surface area contributed by atoms with Crippen LogP contribution in [0.25, 0.3) is 10.2 Å². The summed E-state index contributed by atoms with van der Waals surface area (Å²) in [6, 6.07) is 14.4. The molecule has 0 unspecified atom stereocenters. The molecule has 0 aliphatic heterocycles. The number of carbonyl (C=O) groups excluding carboxylic acids is 1. The Bertz CT molecular complexity index is 757. The van der Waals surface area contributed by atoms with E-state index in [1.54, 1.807) is 6.07 Å². The molecule has 1 aromatic heterocycles. The lowest BCUT2D eigenvalue weighted by Gasteiger charge is -2.04. The minimum atomic E-state index is -0.327. The number of para-hydroxylation sites is 2. The number of halogens is 1. The van der Waals surface area contributed by atoms with Crippen LogP contribution in [0.1, 0.15) is 0 Å². The van der Waals surface area contributed by atoms with Crippen molar-refractivity contribution in [1.29, 1.82) is 0 Å². The lowest BCUT2D eigenvalue weighted by atomic mass is 10.3. The Morgan fingerprint density at radius 3 is 2.60 bits per heavy atom. The van der Waals surface area contributed by atoms with Crippen LogP contribution < -0.4 is 10.6 Å². The number of hydrogen-bond donors (Lipinski definition) is 2. The van der Waals surface area contributed by atoms with E-state index in [4.69, 9.17) is 11.6 Å². The molecule has 0 bridgehead atoms. The average Bonchev–Trinajstić information content (AvgIpc) is 2.83. The quantitative estimate of drug-likeness (QED) is 0.727. The molecule has 3 aromatic rings. The minimum absolute atomic E-state index is 0.327. The van der Waals surface area contributed by atoms with Gasteiger partial charge < -0.3 is 5.32 Å². The van der Waals surface area contributed by atoms with Gasteiger partial charge in [0.1, 0.15) is 5.52 Å². The van der Waals surface area contributed by atoms with Gasteiger partial charge in [0, 0.05) is 5.69 Å². The summed E-state index contributed by atoms with van der Waals surface area (Å²) < 4.78 is 0.938. The Hall–Kier alpha value is -2.11. The van der Waals surface area contributed by atoms with Crippen molar-refractivity contribution in [3.8, 4) is 0 Å². The number of thiazole rings is 1. The van der Waals surface area contributed by atoms with E-state index in [1.165, 1.54) is 11.3 Å². The highest BCUT2D eigenvalue weighted by atomic mass is 35.5. The average molecular weight is 304 g/mol. The van der Waals surface area contributed by atoms with Gasteiger partial charge in [0.05, 0.1) is 9.72 Å². The number of hydrogen-bond acceptors (Lipinski definition) is 3. The van der Waals surface area contributed by atoms with Gasteiger partial charge in [-0.25, -0.2) is 9.78 Å². The summed E-state index contributed by atoms with van der Waals surface area (Å²) in [5.74, 6) is 0. The fourth-order valence-corrected chi connectivity index (χ4v) is 2.91. The highest BCUT2D eigenvalue weighted by molar-refractivity contribution is 7.22. The summed E-state index contributed by atoms with van der Waals surface area (Å²) in [5.41, 5.74) is 1.43.